The molecule has 5 heteroatoms. The molecule has 4 aromatic carbocycles. The summed E-state index contributed by atoms with van der Waals surface area (Å²) in [4.78, 5) is 9.93. The average molecular weight is 510 g/mol. The second-order valence-corrected chi connectivity index (χ2v) is 10.9. The second-order valence-electron chi connectivity index (χ2n) is 10.9. The van der Waals surface area contributed by atoms with Gasteiger partial charge in [-0.15, -0.1) is 0 Å². The van der Waals surface area contributed by atoms with Crippen LogP contribution in [0.4, 0.5) is 0 Å². The highest BCUT2D eigenvalue weighted by Crippen LogP contribution is 2.37. The molecule has 0 aliphatic carbocycles. The van der Waals surface area contributed by atoms with E-state index >= 15 is 0 Å². The molecule has 1 aromatic heterocycles. The monoisotopic (exact) mass is 510 g/mol. The van der Waals surface area contributed by atoms with Gasteiger partial charge in [-0.25, -0.2) is 9.97 Å². The molecule has 0 unspecified atom stereocenters. The number of hydrogen-bond donors (Lipinski definition) is 0. The molecule has 39 heavy (non-hydrogen) atoms. The van der Waals surface area contributed by atoms with E-state index in [9.17, 15) is 0 Å². The van der Waals surface area contributed by atoms with Crippen molar-refractivity contribution in [3.63, 3.8) is 0 Å². The van der Waals surface area contributed by atoms with Gasteiger partial charge >= 0.3 is 7.12 Å². The van der Waals surface area contributed by atoms with Crippen molar-refractivity contribution in [1.29, 1.82) is 0 Å². The third-order valence-electron chi connectivity index (χ3n) is 7.79. The van der Waals surface area contributed by atoms with Gasteiger partial charge in [0, 0.05) is 16.7 Å². The molecule has 1 saturated heterocycles. The van der Waals surface area contributed by atoms with Gasteiger partial charge in [0.15, 0.2) is 5.82 Å². The van der Waals surface area contributed by atoms with Crippen molar-refractivity contribution < 1.29 is 9.31 Å². The largest absolute Gasteiger partial charge is 0.495 e. The van der Waals surface area contributed by atoms with Crippen molar-refractivity contribution in [2.24, 2.45) is 0 Å². The molecule has 4 nitrogen and oxygen atoms in total. The molecule has 1 fully saturated rings. The maximum Gasteiger partial charge on any atom is 0.495 e. The van der Waals surface area contributed by atoms with Crippen LogP contribution in [0.1, 0.15) is 27.7 Å². The summed E-state index contributed by atoms with van der Waals surface area (Å²) in [5, 5.41) is 0. The highest BCUT2D eigenvalue weighted by Gasteiger charge is 2.52. The Balaban J connectivity index is 1.38. The molecule has 5 aromatic rings. The zero-order valence-corrected chi connectivity index (χ0v) is 22.8. The Bertz CT molecular complexity index is 1530. The fourth-order valence-electron chi connectivity index (χ4n) is 4.82. The summed E-state index contributed by atoms with van der Waals surface area (Å²) in [5.41, 5.74) is 7.29. The van der Waals surface area contributed by atoms with E-state index in [4.69, 9.17) is 19.3 Å². The summed E-state index contributed by atoms with van der Waals surface area (Å²) < 4.78 is 12.7. The summed E-state index contributed by atoms with van der Waals surface area (Å²) in [7, 11) is -0.426. The average Bonchev–Trinajstić information content (AvgIpc) is 3.20. The topological polar surface area (TPSA) is 44.2 Å². The van der Waals surface area contributed by atoms with Gasteiger partial charge in [-0.2, -0.15) is 0 Å². The first-order chi connectivity index (χ1) is 18.8. The Morgan fingerprint density at radius 1 is 0.513 bits per heavy atom. The van der Waals surface area contributed by atoms with Crippen molar-refractivity contribution in [2.45, 2.75) is 38.9 Å². The Morgan fingerprint density at radius 3 is 1.51 bits per heavy atom. The van der Waals surface area contributed by atoms with Crippen molar-refractivity contribution in [1.82, 2.24) is 9.97 Å². The van der Waals surface area contributed by atoms with Gasteiger partial charge in [-0.1, -0.05) is 109 Å². The minimum Gasteiger partial charge on any atom is -0.399 e. The molecule has 0 spiro atoms. The lowest BCUT2D eigenvalue weighted by atomic mass is 9.74. The fourth-order valence-corrected chi connectivity index (χ4v) is 4.82. The predicted molar refractivity (Wildman–Crippen MR) is 159 cm³/mol. The molecule has 6 rings (SSSR count). The van der Waals surface area contributed by atoms with Crippen LogP contribution in [0.3, 0.4) is 0 Å². The quantitative estimate of drug-likeness (QED) is 0.231. The van der Waals surface area contributed by atoms with Crippen LogP contribution in [-0.2, 0) is 9.31 Å². The molecule has 1 aliphatic rings. The zero-order valence-electron chi connectivity index (χ0n) is 22.8. The molecule has 2 heterocycles. The lowest BCUT2D eigenvalue weighted by molar-refractivity contribution is 0.00578. The molecule has 0 atom stereocenters. The predicted octanol–water partition coefficient (Wildman–Crippen LogP) is 7.44. The van der Waals surface area contributed by atoms with E-state index < -0.39 is 18.3 Å². The van der Waals surface area contributed by atoms with Gasteiger partial charge in [-0.3, -0.25) is 0 Å². The minimum absolute atomic E-state index is 0.397. The molecule has 0 amide bonds. The van der Waals surface area contributed by atoms with E-state index in [0.29, 0.717) is 5.82 Å². The smallest absolute Gasteiger partial charge is 0.399 e. The summed E-state index contributed by atoms with van der Waals surface area (Å²) in [5.74, 6) is 0.695. The van der Waals surface area contributed by atoms with Crippen molar-refractivity contribution in [3.8, 4) is 45.0 Å². The summed E-state index contributed by atoms with van der Waals surface area (Å²) in [6.45, 7) is 8.32. The standard InChI is InChI=1S/C34H31BN2O2/c1-33(2)34(3,4)39-35(38-33)29-18-12-11-17-28(29)24-19-21-27(22-20-24)32-36-30(25-13-7-5-8-14-25)23-31(37-32)26-15-9-6-10-16-26/h5-23H,1-4H3. The van der Waals surface area contributed by atoms with Gasteiger partial charge < -0.3 is 9.31 Å². The van der Waals surface area contributed by atoms with Crippen LogP contribution in [0.2, 0.25) is 0 Å². The van der Waals surface area contributed by atoms with E-state index in [2.05, 4.69) is 100 Å². The molecular formula is C34H31BN2O2. The van der Waals surface area contributed by atoms with Crippen LogP contribution in [0.5, 0.6) is 0 Å². The molecular weight excluding hydrogens is 479 g/mol. The molecule has 0 saturated carbocycles. The van der Waals surface area contributed by atoms with E-state index in [1.165, 1.54) is 0 Å². The fraction of sp³-hybridized carbons (Fsp3) is 0.176. The van der Waals surface area contributed by atoms with E-state index in [1.807, 2.05) is 42.5 Å². The van der Waals surface area contributed by atoms with Crippen LogP contribution >= 0.6 is 0 Å². The first-order valence-corrected chi connectivity index (χ1v) is 13.4. The maximum absolute atomic E-state index is 6.37. The van der Waals surface area contributed by atoms with Crippen LogP contribution in [-0.4, -0.2) is 28.3 Å². The minimum atomic E-state index is -0.426. The number of rotatable bonds is 5. The number of benzene rings is 4. The van der Waals surface area contributed by atoms with E-state index in [0.717, 1.165) is 44.7 Å². The molecule has 0 N–H and O–H groups in total. The second kappa shape index (κ2) is 9.92. The van der Waals surface area contributed by atoms with Gasteiger partial charge in [0.25, 0.3) is 0 Å². The Labute approximate surface area is 230 Å². The Morgan fingerprint density at radius 2 is 0.974 bits per heavy atom. The normalized spacial score (nSPS) is 15.8. The maximum atomic E-state index is 6.37. The first kappa shape index (κ1) is 25.2. The third kappa shape index (κ3) is 4.92. The van der Waals surface area contributed by atoms with Gasteiger partial charge in [0.05, 0.1) is 22.6 Å². The molecule has 0 bridgehead atoms. The lowest BCUT2D eigenvalue weighted by Crippen LogP contribution is -2.41. The number of hydrogen-bond acceptors (Lipinski definition) is 4. The molecule has 1 aliphatic heterocycles. The van der Waals surface area contributed by atoms with E-state index in [-0.39, 0.29) is 0 Å². The molecule has 0 radical (unpaired) electrons. The van der Waals surface area contributed by atoms with Crippen LogP contribution in [0, 0.1) is 0 Å². The van der Waals surface area contributed by atoms with Gasteiger partial charge in [-0.05, 0) is 50.4 Å². The van der Waals surface area contributed by atoms with Gasteiger partial charge in [0.2, 0.25) is 0 Å². The van der Waals surface area contributed by atoms with Crippen LogP contribution in [0.25, 0.3) is 45.0 Å². The van der Waals surface area contributed by atoms with Crippen LogP contribution in [0.15, 0.2) is 115 Å². The number of nitrogens with zero attached hydrogens (tertiary/aromatic N) is 2. The first-order valence-electron chi connectivity index (χ1n) is 13.4. The Kier molecular flexibility index (Phi) is 6.42. The Hall–Kier alpha value is -4.06. The highest BCUT2D eigenvalue weighted by atomic mass is 16.7. The van der Waals surface area contributed by atoms with Crippen molar-refractivity contribution >= 4 is 12.6 Å². The van der Waals surface area contributed by atoms with Gasteiger partial charge in [0.1, 0.15) is 0 Å². The SMILES string of the molecule is CC1(C)OB(c2ccccc2-c2ccc(-c3nc(-c4ccccc4)cc(-c4ccccc4)n3)cc2)OC1(C)C. The number of aromatic nitrogens is 2. The highest BCUT2D eigenvalue weighted by molar-refractivity contribution is 6.63. The zero-order chi connectivity index (χ0) is 27.0. The van der Waals surface area contributed by atoms with Crippen molar-refractivity contribution in [3.05, 3.63) is 115 Å². The summed E-state index contributed by atoms with van der Waals surface area (Å²) in [6, 6.07) is 39.3. The van der Waals surface area contributed by atoms with Crippen molar-refractivity contribution in [2.75, 3.05) is 0 Å². The third-order valence-corrected chi connectivity index (χ3v) is 7.79. The van der Waals surface area contributed by atoms with E-state index in [1.54, 1.807) is 0 Å². The summed E-state index contributed by atoms with van der Waals surface area (Å²) >= 11 is 0. The summed E-state index contributed by atoms with van der Waals surface area (Å²) in [6.07, 6.45) is 0. The lowest BCUT2D eigenvalue weighted by Gasteiger charge is -2.32. The molecule has 192 valence electrons. The van der Waals surface area contributed by atoms with Crippen LogP contribution < -0.4 is 5.46 Å².